The number of alkyl halides is 2. The molecule has 0 aliphatic heterocycles. The minimum atomic E-state index is -1.17. The molecule has 3 aromatic rings. The number of carbonyl (C=O) groups excluding carboxylic acids is 2. The zero-order valence-corrected chi connectivity index (χ0v) is 26.9. The summed E-state index contributed by atoms with van der Waals surface area (Å²) in [5.41, 5.74) is 2.15. The molecule has 4 unspecified atom stereocenters. The van der Waals surface area contributed by atoms with Gasteiger partial charge in [-0.25, -0.2) is 9.59 Å². The topological polar surface area (TPSA) is 74.3 Å². The van der Waals surface area contributed by atoms with Gasteiger partial charge in [-0.05, 0) is 73.9 Å². The van der Waals surface area contributed by atoms with Crippen LogP contribution in [0, 0.1) is 20.8 Å². The second-order valence-corrected chi connectivity index (χ2v) is 11.3. The third-order valence-corrected chi connectivity index (χ3v) is 8.29. The highest BCUT2D eigenvalue weighted by atomic mass is 35.5. The van der Waals surface area contributed by atoms with Gasteiger partial charge in [0.2, 0.25) is 11.1 Å². The number of aryl methyl sites for hydroxylation is 2. The highest BCUT2D eigenvalue weighted by Gasteiger charge is 2.31. The van der Waals surface area contributed by atoms with Gasteiger partial charge in [-0.2, -0.15) is 0 Å². The van der Waals surface area contributed by atoms with Gasteiger partial charge in [0, 0.05) is 33.0 Å². The van der Waals surface area contributed by atoms with Crippen LogP contribution in [-0.4, -0.2) is 62.6 Å². The Morgan fingerprint density at radius 3 is 1.45 bits per heavy atom. The first-order chi connectivity index (χ1) is 20.0. The number of hydrogen-bond donors (Lipinski definition) is 0. The van der Waals surface area contributed by atoms with Crippen LogP contribution in [0.3, 0.4) is 0 Å². The van der Waals surface area contributed by atoms with E-state index in [2.05, 4.69) is 0 Å². The van der Waals surface area contributed by atoms with Crippen LogP contribution in [0.25, 0.3) is 0 Å². The molecule has 3 rings (SSSR count). The summed E-state index contributed by atoms with van der Waals surface area (Å²) in [7, 11) is 2.94. The molecule has 3 aromatic carbocycles. The van der Waals surface area contributed by atoms with Crippen molar-refractivity contribution in [3.05, 3.63) is 98.5 Å². The molecule has 0 N–H and O–H groups in total. The van der Waals surface area contributed by atoms with Crippen LogP contribution in [-0.2, 0) is 18.9 Å². The number of benzene rings is 3. The van der Waals surface area contributed by atoms with E-state index in [-0.39, 0.29) is 34.3 Å². The number of nitrogens with zero attached hydrogens (tertiary/aromatic N) is 1. The van der Waals surface area contributed by atoms with Crippen molar-refractivity contribution in [2.75, 3.05) is 32.2 Å². The van der Waals surface area contributed by atoms with E-state index in [4.69, 9.17) is 65.4 Å². The lowest BCUT2D eigenvalue weighted by atomic mass is 10.0. The van der Waals surface area contributed by atoms with Crippen LogP contribution < -0.4 is 4.90 Å². The molecule has 0 aromatic heterocycles. The first-order valence-corrected chi connectivity index (χ1v) is 14.7. The molecule has 226 valence electrons. The third kappa shape index (κ3) is 8.75. The van der Waals surface area contributed by atoms with Crippen molar-refractivity contribution in [2.24, 2.45) is 0 Å². The van der Waals surface area contributed by atoms with E-state index < -0.39 is 35.3 Å². The fraction of sp³-hybridized carbons (Fsp3) is 0.355. The van der Waals surface area contributed by atoms with Gasteiger partial charge < -0.3 is 23.8 Å². The summed E-state index contributed by atoms with van der Waals surface area (Å²) in [6, 6.07) is 17.1. The van der Waals surface area contributed by atoms with Crippen LogP contribution in [0.2, 0.25) is 10.0 Å². The van der Waals surface area contributed by atoms with Crippen LogP contribution in [0.15, 0.2) is 60.7 Å². The van der Waals surface area contributed by atoms with Crippen molar-refractivity contribution in [3.63, 3.8) is 0 Å². The molecule has 0 aliphatic carbocycles. The van der Waals surface area contributed by atoms with Gasteiger partial charge in [0.15, 0.2) is 0 Å². The van der Waals surface area contributed by atoms with Gasteiger partial charge >= 0.3 is 11.9 Å². The fourth-order valence-electron chi connectivity index (χ4n) is 4.18. The van der Waals surface area contributed by atoms with Crippen molar-refractivity contribution in [1.29, 1.82) is 0 Å². The Bertz CT molecular complexity index is 1290. The van der Waals surface area contributed by atoms with Crippen molar-refractivity contribution < 1.29 is 28.5 Å². The highest BCUT2D eigenvalue weighted by Crippen LogP contribution is 2.27. The van der Waals surface area contributed by atoms with Crippen LogP contribution in [0.4, 0.5) is 5.69 Å². The second-order valence-electron chi connectivity index (χ2n) is 9.63. The first-order valence-electron chi connectivity index (χ1n) is 13.0. The molecule has 0 saturated heterocycles. The molecule has 7 nitrogen and oxygen atoms in total. The van der Waals surface area contributed by atoms with Gasteiger partial charge in [0.05, 0.1) is 21.2 Å². The van der Waals surface area contributed by atoms with Gasteiger partial charge in [-0.15, -0.1) is 0 Å². The molecule has 0 aliphatic rings. The minimum Gasteiger partial charge on any atom is -0.439 e. The molecule has 0 radical (unpaired) electrons. The normalized spacial score (nSPS) is 14.0. The summed E-state index contributed by atoms with van der Waals surface area (Å²) in [5.74, 6) is -1.36. The number of ether oxygens (including phenoxy) is 4. The molecule has 0 fully saturated rings. The van der Waals surface area contributed by atoms with Gasteiger partial charge in [-0.3, -0.25) is 0 Å². The van der Waals surface area contributed by atoms with Crippen LogP contribution >= 0.6 is 46.4 Å². The van der Waals surface area contributed by atoms with E-state index in [0.717, 1.165) is 22.4 Å². The third-order valence-electron chi connectivity index (χ3n) is 6.89. The number of esters is 2. The van der Waals surface area contributed by atoms with Crippen molar-refractivity contribution in [2.45, 2.75) is 44.1 Å². The molecule has 0 bridgehead atoms. The average molecular weight is 657 g/mol. The number of anilines is 1. The smallest absolute Gasteiger partial charge is 0.341 e. The standard InChI is InChI=1S/C31H33Cl4NO6/c1-18-14-21(15-19(2)20(18)3)36(16-26(39-4)28(34)41-30(37)22-10-6-8-12-24(22)32)17-27(40-5)29(35)42-31(38)23-11-7-9-13-25(23)33/h6-15,26-29H,16-17H2,1-5H3. The van der Waals surface area contributed by atoms with E-state index in [0.29, 0.717) is 0 Å². The van der Waals surface area contributed by atoms with Crippen molar-refractivity contribution in [3.8, 4) is 0 Å². The van der Waals surface area contributed by atoms with E-state index in [1.165, 1.54) is 14.2 Å². The summed E-state index contributed by atoms with van der Waals surface area (Å²) in [5, 5.41) is 0.491. The Labute approximate surface area is 266 Å². The summed E-state index contributed by atoms with van der Waals surface area (Å²) in [6.07, 6.45) is -1.56. The zero-order valence-electron chi connectivity index (χ0n) is 23.9. The predicted octanol–water partition coefficient (Wildman–Crippen LogP) is 7.60. The summed E-state index contributed by atoms with van der Waals surface area (Å²) < 4.78 is 22.4. The van der Waals surface area contributed by atoms with Crippen LogP contribution in [0.5, 0.6) is 0 Å². The molecule has 0 saturated carbocycles. The lowest BCUT2D eigenvalue weighted by molar-refractivity contribution is -0.00939. The Kier molecular flexibility index (Phi) is 12.8. The van der Waals surface area contributed by atoms with Gasteiger partial charge in [-0.1, -0.05) is 70.7 Å². The largest absolute Gasteiger partial charge is 0.439 e. The molecule has 4 atom stereocenters. The highest BCUT2D eigenvalue weighted by molar-refractivity contribution is 6.34. The van der Waals surface area contributed by atoms with Crippen LogP contribution in [0.1, 0.15) is 37.4 Å². The molecule has 11 heteroatoms. The summed E-state index contributed by atoms with van der Waals surface area (Å²) >= 11 is 25.5. The van der Waals surface area contributed by atoms with E-state index in [9.17, 15) is 9.59 Å². The van der Waals surface area contributed by atoms with Crippen molar-refractivity contribution in [1.82, 2.24) is 0 Å². The summed E-state index contributed by atoms with van der Waals surface area (Å²) in [4.78, 5) is 27.5. The predicted molar refractivity (Wildman–Crippen MR) is 167 cm³/mol. The average Bonchev–Trinajstić information content (AvgIpc) is 2.96. The van der Waals surface area contributed by atoms with Gasteiger partial charge in [0.25, 0.3) is 0 Å². The first kappa shape index (κ1) is 34.0. The number of hydrogen-bond acceptors (Lipinski definition) is 7. The second kappa shape index (κ2) is 15.8. The monoisotopic (exact) mass is 655 g/mol. The zero-order chi connectivity index (χ0) is 31.0. The van der Waals surface area contributed by atoms with Gasteiger partial charge in [0.1, 0.15) is 12.2 Å². The van der Waals surface area contributed by atoms with E-state index >= 15 is 0 Å². The molecule has 0 spiro atoms. The molecule has 0 heterocycles. The molecule has 0 amide bonds. The lowest BCUT2D eigenvalue weighted by Gasteiger charge is -2.34. The molecular weight excluding hydrogens is 624 g/mol. The Hall–Kier alpha value is -2.52. The Morgan fingerprint density at radius 2 is 1.10 bits per heavy atom. The lowest BCUT2D eigenvalue weighted by Crippen LogP contribution is -2.46. The SMILES string of the molecule is COC(CN(CC(OC)C(Cl)OC(=O)c1ccccc1Cl)c1cc(C)c(C)c(C)c1)C(Cl)OC(=O)c1ccccc1Cl. The maximum atomic E-state index is 12.8. The maximum absolute atomic E-state index is 12.8. The fourth-order valence-corrected chi connectivity index (χ4v) is 5.13. The maximum Gasteiger partial charge on any atom is 0.341 e. The van der Waals surface area contributed by atoms with E-state index in [1.807, 2.05) is 37.8 Å². The number of carbonyl (C=O) groups is 2. The van der Waals surface area contributed by atoms with E-state index in [1.54, 1.807) is 48.5 Å². The summed E-state index contributed by atoms with van der Waals surface area (Å²) in [6.45, 7) is 6.41. The number of methoxy groups -OCH3 is 2. The molecular formula is C31H33Cl4NO6. The quantitative estimate of drug-likeness (QED) is 0.139. The Balaban J connectivity index is 1.84. The number of rotatable bonds is 13. The molecule has 42 heavy (non-hydrogen) atoms. The van der Waals surface area contributed by atoms with Crippen molar-refractivity contribution >= 4 is 64.0 Å². The minimum absolute atomic E-state index is 0.171. The Morgan fingerprint density at radius 1 is 0.714 bits per heavy atom. The number of halogens is 4.